The summed E-state index contributed by atoms with van der Waals surface area (Å²) in [7, 11) is 0. The minimum absolute atomic E-state index is 0.106. The van der Waals surface area contributed by atoms with Gasteiger partial charge in [0, 0.05) is 19.1 Å². The van der Waals surface area contributed by atoms with E-state index in [-0.39, 0.29) is 5.91 Å². The normalized spacial score (nSPS) is 15.5. The predicted molar refractivity (Wildman–Crippen MR) is 75.3 cm³/mol. The third kappa shape index (κ3) is 3.43. The van der Waals surface area contributed by atoms with Gasteiger partial charge in [0.2, 0.25) is 0 Å². The predicted octanol–water partition coefficient (Wildman–Crippen LogP) is 2.00. The van der Waals surface area contributed by atoms with E-state index in [4.69, 9.17) is 0 Å². The molecule has 0 saturated heterocycles. The Morgan fingerprint density at radius 1 is 1.26 bits per heavy atom. The summed E-state index contributed by atoms with van der Waals surface area (Å²) in [5, 5.41) is 11.2. The molecule has 0 spiro atoms. The number of hydrogen-bond acceptors (Lipinski definition) is 4. The second kappa shape index (κ2) is 6.50. The molecule has 1 aromatic rings. The van der Waals surface area contributed by atoms with Gasteiger partial charge in [-0.05, 0) is 38.8 Å². The van der Waals surface area contributed by atoms with Gasteiger partial charge in [-0.15, -0.1) is 10.2 Å². The van der Waals surface area contributed by atoms with Crippen LogP contribution in [0.3, 0.4) is 0 Å². The third-order valence-corrected chi connectivity index (χ3v) is 3.66. The van der Waals surface area contributed by atoms with E-state index < -0.39 is 0 Å². The Morgan fingerprint density at radius 3 is 2.47 bits per heavy atom. The van der Waals surface area contributed by atoms with Gasteiger partial charge < -0.3 is 10.2 Å². The van der Waals surface area contributed by atoms with Crippen LogP contribution in [0.25, 0.3) is 0 Å². The lowest BCUT2D eigenvalue weighted by Crippen LogP contribution is -2.33. The van der Waals surface area contributed by atoms with E-state index in [0.29, 0.717) is 11.7 Å². The number of amides is 1. The van der Waals surface area contributed by atoms with E-state index in [9.17, 15) is 4.79 Å². The number of carbonyl (C=O) groups is 1. The number of hydrogen-bond donors (Lipinski definition) is 1. The lowest BCUT2D eigenvalue weighted by Gasteiger charge is -2.18. The molecule has 1 aliphatic carbocycles. The summed E-state index contributed by atoms with van der Waals surface area (Å²) in [6.07, 6.45) is 4.57. The molecule has 0 aromatic carbocycles. The van der Waals surface area contributed by atoms with Crippen LogP contribution in [-0.2, 0) is 0 Å². The molecule has 0 aliphatic heterocycles. The highest BCUT2D eigenvalue weighted by atomic mass is 16.2. The van der Waals surface area contributed by atoms with Crippen LogP contribution in [-0.4, -0.2) is 35.2 Å². The van der Waals surface area contributed by atoms with E-state index in [1.54, 1.807) is 6.07 Å². The summed E-state index contributed by atoms with van der Waals surface area (Å²) in [6.45, 7) is 5.93. The highest BCUT2D eigenvalue weighted by molar-refractivity contribution is 5.92. The molecule has 104 valence electrons. The third-order valence-electron chi connectivity index (χ3n) is 3.66. The Balaban J connectivity index is 1.98. The molecule has 5 heteroatoms. The summed E-state index contributed by atoms with van der Waals surface area (Å²) >= 11 is 0. The zero-order valence-corrected chi connectivity index (χ0v) is 11.7. The molecule has 2 rings (SSSR count). The zero-order valence-electron chi connectivity index (χ0n) is 11.7. The van der Waals surface area contributed by atoms with Gasteiger partial charge in [0.1, 0.15) is 0 Å². The smallest absolute Gasteiger partial charge is 0.272 e. The molecule has 1 amide bonds. The number of aromatic nitrogens is 2. The van der Waals surface area contributed by atoms with Crippen molar-refractivity contribution in [2.45, 2.75) is 45.6 Å². The molecule has 1 aliphatic rings. The molecule has 0 unspecified atom stereocenters. The molecule has 1 fully saturated rings. The van der Waals surface area contributed by atoms with Crippen molar-refractivity contribution in [3.8, 4) is 0 Å². The zero-order chi connectivity index (χ0) is 13.7. The van der Waals surface area contributed by atoms with Crippen molar-refractivity contribution in [2.75, 3.05) is 18.0 Å². The van der Waals surface area contributed by atoms with Crippen LogP contribution >= 0.6 is 0 Å². The molecule has 0 radical (unpaired) electrons. The first kappa shape index (κ1) is 13.8. The first-order chi connectivity index (χ1) is 9.24. The molecule has 0 bridgehead atoms. The van der Waals surface area contributed by atoms with Crippen LogP contribution in [0.1, 0.15) is 50.0 Å². The Bertz CT molecular complexity index is 408. The van der Waals surface area contributed by atoms with Crippen molar-refractivity contribution in [2.24, 2.45) is 0 Å². The fourth-order valence-corrected chi connectivity index (χ4v) is 2.49. The van der Waals surface area contributed by atoms with Crippen LogP contribution in [0.4, 0.5) is 5.82 Å². The maximum absolute atomic E-state index is 12.0. The molecule has 0 atom stereocenters. The topological polar surface area (TPSA) is 58.1 Å². The van der Waals surface area contributed by atoms with Gasteiger partial charge in [-0.25, -0.2) is 0 Å². The van der Waals surface area contributed by atoms with Gasteiger partial charge in [0.05, 0.1) is 0 Å². The first-order valence-corrected chi connectivity index (χ1v) is 7.14. The van der Waals surface area contributed by atoms with Gasteiger partial charge in [0.15, 0.2) is 11.5 Å². The second-order valence-corrected chi connectivity index (χ2v) is 4.90. The van der Waals surface area contributed by atoms with E-state index >= 15 is 0 Å². The fourth-order valence-electron chi connectivity index (χ4n) is 2.49. The first-order valence-electron chi connectivity index (χ1n) is 7.14. The molecule has 1 N–H and O–H groups in total. The quantitative estimate of drug-likeness (QED) is 0.881. The highest BCUT2D eigenvalue weighted by Gasteiger charge is 2.19. The Kier molecular flexibility index (Phi) is 4.71. The Labute approximate surface area is 114 Å². The van der Waals surface area contributed by atoms with Crippen molar-refractivity contribution in [3.63, 3.8) is 0 Å². The number of anilines is 1. The summed E-state index contributed by atoms with van der Waals surface area (Å²) in [6, 6.07) is 3.94. The summed E-state index contributed by atoms with van der Waals surface area (Å²) in [5.74, 6) is 0.716. The van der Waals surface area contributed by atoms with Crippen molar-refractivity contribution in [1.29, 1.82) is 0 Å². The Hall–Kier alpha value is -1.65. The average molecular weight is 262 g/mol. The molecule has 5 nitrogen and oxygen atoms in total. The van der Waals surface area contributed by atoms with Crippen LogP contribution in [0.2, 0.25) is 0 Å². The summed E-state index contributed by atoms with van der Waals surface area (Å²) < 4.78 is 0. The number of nitrogens with zero attached hydrogens (tertiary/aromatic N) is 3. The standard InChI is InChI=1S/C14H22N4O/c1-3-18(4-2)13-10-9-12(16-17-13)14(19)15-11-7-5-6-8-11/h9-11H,3-8H2,1-2H3,(H,15,19). The summed E-state index contributed by atoms with van der Waals surface area (Å²) in [5.41, 5.74) is 0.405. The van der Waals surface area contributed by atoms with Crippen LogP contribution in [0, 0.1) is 0 Å². The molecular formula is C14H22N4O. The fraction of sp³-hybridized carbons (Fsp3) is 0.643. The van der Waals surface area contributed by atoms with E-state index in [0.717, 1.165) is 31.7 Å². The van der Waals surface area contributed by atoms with Crippen LogP contribution in [0.15, 0.2) is 12.1 Å². The molecule has 19 heavy (non-hydrogen) atoms. The average Bonchev–Trinajstić information content (AvgIpc) is 2.94. The number of rotatable bonds is 5. The monoisotopic (exact) mass is 262 g/mol. The lowest BCUT2D eigenvalue weighted by molar-refractivity contribution is 0.0932. The Morgan fingerprint density at radius 2 is 1.95 bits per heavy atom. The lowest BCUT2D eigenvalue weighted by atomic mass is 10.2. The number of carbonyl (C=O) groups excluding carboxylic acids is 1. The van der Waals surface area contributed by atoms with Crippen LogP contribution in [0.5, 0.6) is 0 Å². The summed E-state index contributed by atoms with van der Waals surface area (Å²) in [4.78, 5) is 14.1. The van der Waals surface area contributed by atoms with Gasteiger partial charge in [-0.1, -0.05) is 12.8 Å². The van der Waals surface area contributed by atoms with Crippen molar-refractivity contribution in [1.82, 2.24) is 15.5 Å². The molecule has 1 aromatic heterocycles. The maximum atomic E-state index is 12.0. The minimum Gasteiger partial charge on any atom is -0.356 e. The van der Waals surface area contributed by atoms with Gasteiger partial charge in [-0.2, -0.15) is 0 Å². The van der Waals surface area contributed by atoms with Crippen molar-refractivity contribution >= 4 is 11.7 Å². The van der Waals surface area contributed by atoms with E-state index in [2.05, 4.69) is 34.3 Å². The van der Waals surface area contributed by atoms with Crippen molar-refractivity contribution in [3.05, 3.63) is 17.8 Å². The molecule has 1 saturated carbocycles. The van der Waals surface area contributed by atoms with Gasteiger partial charge in [0.25, 0.3) is 5.91 Å². The SMILES string of the molecule is CCN(CC)c1ccc(C(=O)NC2CCCC2)nn1. The van der Waals surface area contributed by atoms with E-state index in [1.807, 2.05) is 6.07 Å². The van der Waals surface area contributed by atoms with Gasteiger partial charge >= 0.3 is 0 Å². The second-order valence-electron chi connectivity index (χ2n) is 4.90. The van der Waals surface area contributed by atoms with Crippen LogP contribution < -0.4 is 10.2 Å². The minimum atomic E-state index is -0.106. The van der Waals surface area contributed by atoms with Crippen molar-refractivity contribution < 1.29 is 4.79 Å². The molecule has 1 heterocycles. The maximum Gasteiger partial charge on any atom is 0.272 e. The molecular weight excluding hydrogens is 240 g/mol. The number of nitrogens with one attached hydrogen (secondary N) is 1. The largest absolute Gasteiger partial charge is 0.356 e. The van der Waals surface area contributed by atoms with Gasteiger partial charge in [-0.3, -0.25) is 4.79 Å². The van der Waals surface area contributed by atoms with E-state index in [1.165, 1.54) is 12.8 Å². The highest BCUT2D eigenvalue weighted by Crippen LogP contribution is 2.18.